The molecule has 0 saturated heterocycles. The third-order valence-corrected chi connectivity index (χ3v) is 3.45. The highest BCUT2D eigenvalue weighted by Crippen LogP contribution is 2.46. The predicted octanol–water partition coefficient (Wildman–Crippen LogP) is 3.93. The van der Waals surface area contributed by atoms with Crippen LogP contribution in [0.2, 0.25) is 0 Å². The average molecular weight is 235 g/mol. The van der Waals surface area contributed by atoms with Crippen LogP contribution in [-0.4, -0.2) is 14.1 Å². The Bertz CT molecular complexity index is 564. The highest BCUT2D eigenvalue weighted by Gasteiger charge is 2.27. The molecule has 2 aromatic carbocycles. The molecule has 0 radical (unpaired) electrons. The third-order valence-electron chi connectivity index (χ3n) is 3.45. The maximum Gasteiger partial charge on any atom is 0.0361 e. The first-order chi connectivity index (χ1) is 8.75. The smallest absolute Gasteiger partial charge is 0.0361 e. The van der Waals surface area contributed by atoms with Gasteiger partial charge in [-0.15, -0.1) is 0 Å². The summed E-state index contributed by atoms with van der Waals surface area (Å²) in [6.07, 6.45) is 2.33. The van der Waals surface area contributed by atoms with Gasteiger partial charge < -0.3 is 4.90 Å². The van der Waals surface area contributed by atoms with Crippen molar-refractivity contribution in [2.45, 2.75) is 5.92 Å². The first kappa shape index (κ1) is 11.1. The Morgan fingerprint density at radius 3 is 2.11 bits per heavy atom. The Morgan fingerprint density at radius 2 is 1.50 bits per heavy atom. The Balaban J connectivity index is 1.76. The van der Waals surface area contributed by atoms with Crippen molar-refractivity contribution in [2.24, 2.45) is 0 Å². The lowest BCUT2D eigenvalue weighted by atomic mass is 10.0. The summed E-state index contributed by atoms with van der Waals surface area (Å²) < 4.78 is 0. The predicted molar refractivity (Wildman–Crippen MR) is 77.9 cm³/mol. The van der Waals surface area contributed by atoms with Gasteiger partial charge in [0, 0.05) is 25.7 Å². The maximum absolute atomic E-state index is 2.33. The highest BCUT2D eigenvalue weighted by molar-refractivity contribution is 5.86. The standard InChI is InChI=1S/C17H17N/c1-18(2)15-10-8-14(9-11-15)17-12-16(17)13-6-4-3-5-7-13/h3-12,17H,1-2H3. The zero-order valence-electron chi connectivity index (χ0n) is 10.8. The van der Waals surface area contributed by atoms with Crippen molar-refractivity contribution in [1.82, 2.24) is 0 Å². The van der Waals surface area contributed by atoms with Gasteiger partial charge in [0.25, 0.3) is 0 Å². The molecular weight excluding hydrogens is 218 g/mol. The molecule has 1 aliphatic carbocycles. The van der Waals surface area contributed by atoms with E-state index in [0.29, 0.717) is 5.92 Å². The van der Waals surface area contributed by atoms with Gasteiger partial charge in [-0.25, -0.2) is 0 Å². The molecule has 0 heterocycles. The van der Waals surface area contributed by atoms with E-state index in [9.17, 15) is 0 Å². The summed E-state index contributed by atoms with van der Waals surface area (Å²) in [7, 11) is 4.14. The van der Waals surface area contributed by atoms with Crippen LogP contribution in [0.3, 0.4) is 0 Å². The zero-order valence-corrected chi connectivity index (χ0v) is 10.8. The fraction of sp³-hybridized carbons (Fsp3) is 0.176. The molecule has 0 saturated carbocycles. The molecule has 1 unspecified atom stereocenters. The minimum atomic E-state index is 0.517. The van der Waals surface area contributed by atoms with Crippen LogP contribution >= 0.6 is 0 Å². The summed E-state index contributed by atoms with van der Waals surface area (Å²) in [5.41, 5.74) is 5.44. The summed E-state index contributed by atoms with van der Waals surface area (Å²) in [5.74, 6) is 0.517. The van der Waals surface area contributed by atoms with Crippen LogP contribution in [0.5, 0.6) is 0 Å². The van der Waals surface area contributed by atoms with Crippen molar-refractivity contribution >= 4 is 11.3 Å². The first-order valence-corrected chi connectivity index (χ1v) is 6.30. The van der Waals surface area contributed by atoms with Crippen molar-refractivity contribution in [3.05, 3.63) is 71.8 Å². The van der Waals surface area contributed by atoms with Crippen LogP contribution in [0, 0.1) is 0 Å². The van der Waals surface area contributed by atoms with Crippen molar-refractivity contribution in [1.29, 1.82) is 0 Å². The van der Waals surface area contributed by atoms with Crippen molar-refractivity contribution < 1.29 is 0 Å². The molecule has 1 heteroatoms. The second-order valence-electron chi connectivity index (χ2n) is 4.95. The van der Waals surface area contributed by atoms with Crippen molar-refractivity contribution in [2.75, 3.05) is 19.0 Å². The van der Waals surface area contributed by atoms with Gasteiger partial charge in [-0.3, -0.25) is 0 Å². The average Bonchev–Trinajstić information content (AvgIpc) is 3.20. The summed E-state index contributed by atoms with van der Waals surface area (Å²) in [6.45, 7) is 0. The molecule has 0 fully saturated rings. The fourth-order valence-electron chi connectivity index (χ4n) is 2.29. The molecule has 2 aromatic rings. The van der Waals surface area contributed by atoms with Crippen LogP contribution < -0.4 is 4.90 Å². The molecule has 0 aromatic heterocycles. The quantitative estimate of drug-likeness (QED) is 0.779. The van der Waals surface area contributed by atoms with Crippen LogP contribution in [-0.2, 0) is 0 Å². The van der Waals surface area contributed by atoms with E-state index in [2.05, 4.69) is 79.7 Å². The SMILES string of the molecule is CN(C)c1ccc(C2C=C2c2ccccc2)cc1. The Kier molecular flexibility index (Phi) is 2.67. The van der Waals surface area contributed by atoms with E-state index in [0.717, 1.165) is 0 Å². The number of benzene rings is 2. The molecule has 1 aliphatic rings. The van der Waals surface area contributed by atoms with Gasteiger partial charge in [-0.2, -0.15) is 0 Å². The van der Waals surface area contributed by atoms with E-state index in [1.807, 2.05) is 0 Å². The molecule has 0 spiro atoms. The first-order valence-electron chi connectivity index (χ1n) is 6.30. The van der Waals surface area contributed by atoms with Gasteiger partial charge in [0.05, 0.1) is 0 Å². The number of anilines is 1. The summed E-state index contributed by atoms with van der Waals surface area (Å²) in [5, 5.41) is 0. The highest BCUT2D eigenvalue weighted by atomic mass is 15.1. The van der Waals surface area contributed by atoms with Gasteiger partial charge in [-0.1, -0.05) is 48.5 Å². The van der Waals surface area contributed by atoms with Crippen LogP contribution in [0.4, 0.5) is 5.69 Å². The van der Waals surface area contributed by atoms with Gasteiger partial charge >= 0.3 is 0 Å². The summed E-state index contributed by atoms with van der Waals surface area (Å²) in [4.78, 5) is 2.13. The molecule has 1 nitrogen and oxygen atoms in total. The van der Waals surface area contributed by atoms with E-state index in [1.54, 1.807) is 0 Å². The van der Waals surface area contributed by atoms with Crippen molar-refractivity contribution in [3.8, 4) is 0 Å². The van der Waals surface area contributed by atoms with Gasteiger partial charge in [0.2, 0.25) is 0 Å². The Labute approximate surface area is 108 Å². The zero-order chi connectivity index (χ0) is 12.5. The van der Waals surface area contributed by atoms with E-state index >= 15 is 0 Å². The fourth-order valence-corrected chi connectivity index (χ4v) is 2.29. The third kappa shape index (κ3) is 2.04. The van der Waals surface area contributed by atoms with E-state index in [1.165, 1.54) is 22.4 Å². The van der Waals surface area contributed by atoms with Crippen LogP contribution in [0.25, 0.3) is 5.57 Å². The Morgan fingerprint density at radius 1 is 0.833 bits per heavy atom. The largest absolute Gasteiger partial charge is 0.378 e. The van der Waals surface area contributed by atoms with Gasteiger partial charge in [0.1, 0.15) is 0 Å². The number of hydrogen-bond acceptors (Lipinski definition) is 1. The molecule has 3 rings (SSSR count). The summed E-state index contributed by atoms with van der Waals surface area (Å²) in [6, 6.07) is 19.4. The topological polar surface area (TPSA) is 3.24 Å². The minimum absolute atomic E-state index is 0.517. The second kappa shape index (κ2) is 4.34. The molecule has 1 atom stereocenters. The van der Waals surface area contributed by atoms with Crippen LogP contribution in [0.15, 0.2) is 60.7 Å². The lowest BCUT2D eigenvalue weighted by molar-refractivity contribution is 1.12. The normalized spacial score (nSPS) is 17.2. The number of hydrogen-bond donors (Lipinski definition) is 0. The lowest BCUT2D eigenvalue weighted by Crippen LogP contribution is -2.08. The number of allylic oxidation sites excluding steroid dienone is 2. The second-order valence-corrected chi connectivity index (χ2v) is 4.95. The monoisotopic (exact) mass is 235 g/mol. The lowest BCUT2D eigenvalue weighted by Gasteiger charge is -2.12. The molecule has 0 N–H and O–H groups in total. The molecule has 18 heavy (non-hydrogen) atoms. The van der Waals surface area contributed by atoms with Crippen molar-refractivity contribution in [3.63, 3.8) is 0 Å². The van der Waals surface area contributed by atoms with E-state index in [4.69, 9.17) is 0 Å². The van der Waals surface area contributed by atoms with E-state index < -0.39 is 0 Å². The molecule has 0 amide bonds. The molecular formula is C17H17N. The van der Waals surface area contributed by atoms with E-state index in [-0.39, 0.29) is 0 Å². The number of rotatable bonds is 3. The minimum Gasteiger partial charge on any atom is -0.378 e. The summed E-state index contributed by atoms with van der Waals surface area (Å²) >= 11 is 0. The molecule has 0 bridgehead atoms. The number of nitrogens with zero attached hydrogens (tertiary/aromatic N) is 1. The van der Waals surface area contributed by atoms with Gasteiger partial charge in [-0.05, 0) is 28.8 Å². The molecule has 0 aliphatic heterocycles. The Hall–Kier alpha value is -2.02. The van der Waals surface area contributed by atoms with Gasteiger partial charge in [0.15, 0.2) is 0 Å². The van der Waals surface area contributed by atoms with Crippen LogP contribution in [0.1, 0.15) is 17.0 Å². The maximum atomic E-state index is 2.33. The molecule has 90 valence electrons.